The quantitative estimate of drug-likeness (QED) is 0.913. The number of hydrogen-bond acceptors (Lipinski definition) is 4. The van der Waals surface area contributed by atoms with Crippen LogP contribution in [0.3, 0.4) is 0 Å². The van der Waals surface area contributed by atoms with Gasteiger partial charge in [-0.05, 0) is 82.3 Å². The number of nitrogens with two attached hydrogens (primary N) is 1. The topological polar surface area (TPSA) is 62.5 Å². The van der Waals surface area contributed by atoms with Gasteiger partial charge in [-0.2, -0.15) is 0 Å². The van der Waals surface area contributed by atoms with Gasteiger partial charge in [0.1, 0.15) is 0 Å². The lowest BCUT2D eigenvalue weighted by molar-refractivity contribution is 0.00342. The molecule has 3 aliphatic rings. The third-order valence-corrected chi connectivity index (χ3v) is 6.86. The molecule has 4 rings (SSSR count). The van der Waals surface area contributed by atoms with Crippen molar-refractivity contribution in [2.75, 3.05) is 26.2 Å². The monoisotopic (exact) mass is 342 g/mol. The molecule has 0 unspecified atom stereocenters. The molecule has 0 aromatic carbocycles. The maximum atomic E-state index is 11.1. The lowest BCUT2D eigenvalue weighted by atomic mass is 9.70. The van der Waals surface area contributed by atoms with Crippen LogP contribution in [0.25, 0.3) is 0 Å². The second-order valence-corrected chi connectivity index (χ2v) is 8.30. The average Bonchev–Trinajstić information content (AvgIpc) is 2.58. The Hall–Kier alpha value is -1.46. The largest absolute Gasteiger partial charge is 0.366 e. The Balaban J connectivity index is 1.26. The molecule has 0 radical (unpaired) electrons. The molecular weight excluding hydrogens is 312 g/mol. The molecule has 1 aliphatic carbocycles. The summed E-state index contributed by atoms with van der Waals surface area (Å²) in [6.45, 7) is 5.86. The van der Waals surface area contributed by atoms with Gasteiger partial charge < -0.3 is 10.6 Å². The zero-order valence-corrected chi connectivity index (χ0v) is 15.1. The van der Waals surface area contributed by atoms with Crippen LogP contribution in [-0.2, 0) is 6.54 Å². The van der Waals surface area contributed by atoms with Crippen molar-refractivity contribution in [2.45, 2.75) is 57.5 Å². The van der Waals surface area contributed by atoms with Crippen molar-refractivity contribution in [3.05, 3.63) is 29.6 Å². The molecule has 1 aromatic heterocycles. The first-order valence-corrected chi connectivity index (χ1v) is 9.85. The molecule has 5 nitrogen and oxygen atoms in total. The van der Waals surface area contributed by atoms with Gasteiger partial charge in [-0.1, -0.05) is 6.42 Å². The van der Waals surface area contributed by atoms with E-state index in [-0.39, 0.29) is 0 Å². The zero-order chi connectivity index (χ0) is 17.3. The number of carbonyl (C=O) groups is 1. The van der Waals surface area contributed by atoms with E-state index in [0.29, 0.717) is 11.0 Å². The second-order valence-electron chi connectivity index (χ2n) is 8.30. The highest BCUT2D eigenvalue weighted by Gasteiger charge is 2.39. The van der Waals surface area contributed by atoms with Crippen molar-refractivity contribution in [2.24, 2.45) is 11.1 Å². The highest BCUT2D eigenvalue weighted by atomic mass is 16.1. The predicted octanol–water partition coefficient (Wildman–Crippen LogP) is 2.41. The molecule has 0 bridgehead atoms. The Morgan fingerprint density at radius 1 is 1.12 bits per heavy atom. The number of primary amides is 1. The van der Waals surface area contributed by atoms with E-state index in [2.05, 4.69) is 14.8 Å². The Morgan fingerprint density at radius 2 is 1.80 bits per heavy atom. The van der Waals surface area contributed by atoms with Crippen molar-refractivity contribution in [1.82, 2.24) is 14.8 Å². The van der Waals surface area contributed by atoms with Gasteiger partial charge in [0.15, 0.2) is 0 Å². The van der Waals surface area contributed by atoms with E-state index >= 15 is 0 Å². The summed E-state index contributed by atoms with van der Waals surface area (Å²) in [6.07, 6.45) is 11.3. The Morgan fingerprint density at radius 3 is 2.32 bits per heavy atom. The summed E-state index contributed by atoms with van der Waals surface area (Å²) in [7, 11) is 0. The third kappa shape index (κ3) is 3.72. The van der Waals surface area contributed by atoms with Crippen LogP contribution >= 0.6 is 0 Å². The number of pyridine rings is 1. The van der Waals surface area contributed by atoms with Gasteiger partial charge in [-0.25, -0.2) is 0 Å². The lowest BCUT2D eigenvalue weighted by Crippen LogP contribution is -2.50. The van der Waals surface area contributed by atoms with Crippen LogP contribution in [0.5, 0.6) is 0 Å². The van der Waals surface area contributed by atoms with Gasteiger partial charge >= 0.3 is 0 Å². The van der Waals surface area contributed by atoms with Crippen LogP contribution in [0, 0.1) is 5.41 Å². The minimum atomic E-state index is -0.410. The maximum Gasteiger partial charge on any atom is 0.250 e. The molecule has 2 saturated heterocycles. The standard InChI is InChI=1S/C20H30N4O/c21-19(25)16-4-5-17(22-14-16)15-23-10-6-20(7-11-23)8-12-24(13-9-20)18-2-1-3-18/h4-5,14,18H,1-3,6-13,15H2,(H2,21,25). The molecule has 2 aliphatic heterocycles. The second kappa shape index (κ2) is 7.04. The minimum Gasteiger partial charge on any atom is -0.366 e. The minimum absolute atomic E-state index is 0.410. The first-order valence-electron chi connectivity index (χ1n) is 9.85. The number of hydrogen-bond donors (Lipinski definition) is 1. The van der Waals surface area contributed by atoms with E-state index in [9.17, 15) is 4.79 Å². The summed E-state index contributed by atoms with van der Waals surface area (Å²) in [4.78, 5) is 20.8. The van der Waals surface area contributed by atoms with E-state index in [4.69, 9.17) is 5.73 Å². The molecule has 1 spiro atoms. The van der Waals surface area contributed by atoms with Crippen LogP contribution < -0.4 is 5.73 Å². The highest BCUT2D eigenvalue weighted by Crippen LogP contribution is 2.43. The van der Waals surface area contributed by atoms with Gasteiger partial charge in [0, 0.05) is 18.8 Å². The van der Waals surface area contributed by atoms with Crippen molar-refractivity contribution in [3.63, 3.8) is 0 Å². The first-order chi connectivity index (χ1) is 12.1. The van der Waals surface area contributed by atoms with Crippen molar-refractivity contribution in [3.8, 4) is 0 Å². The van der Waals surface area contributed by atoms with Gasteiger partial charge in [0.25, 0.3) is 0 Å². The molecule has 3 fully saturated rings. The van der Waals surface area contributed by atoms with Crippen molar-refractivity contribution < 1.29 is 4.79 Å². The van der Waals surface area contributed by atoms with E-state index in [1.54, 1.807) is 12.3 Å². The lowest BCUT2D eigenvalue weighted by Gasteiger charge is -2.49. The smallest absolute Gasteiger partial charge is 0.250 e. The average molecular weight is 342 g/mol. The Bertz CT molecular complexity index is 593. The van der Waals surface area contributed by atoms with Gasteiger partial charge in [0.2, 0.25) is 5.91 Å². The number of likely N-dealkylation sites (tertiary alicyclic amines) is 2. The summed E-state index contributed by atoms with van der Waals surface area (Å²) < 4.78 is 0. The van der Waals surface area contributed by atoms with E-state index in [0.717, 1.165) is 18.3 Å². The number of rotatable bonds is 4. The molecule has 5 heteroatoms. The first kappa shape index (κ1) is 17.0. The molecule has 1 aromatic rings. The zero-order valence-electron chi connectivity index (χ0n) is 15.1. The van der Waals surface area contributed by atoms with E-state index < -0.39 is 5.91 Å². The Labute approximate surface area is 150 Å². The van der Waals surface area contributed by atoms with E-state index in [1.807, 2.05) is 6.07 Å². The SMILES string of the molecule is NC(=O)c1ccc(CN2CCC3(CC2)CCN(C2CCC2)CC3)nc1. The number of aromatic nitrogens is 1. The number of amides is 1. The van der Waals surface area contributed by atoms with Crippen LogP contribution in [0.1, 0.15) is 61.0 Å². The van der Waals surface area contributed by atoms with Crippen LogP contribution in [0.4, 0.5) is 0 Å². The normalized spacial score (nSPS) is 25.0. The predicted molar refractivity (Wildman–Crippen MR) is 98.1 cm³/mol. The Kier molecular flexibility index (Phi) is 4.78. The fraction of sp³-hybridized carbons (Fsp3) is 0.700. The molecule has 1 saturated carbocycles. The number of piperidine rings is 2. The molecular formula is C20H30N4O. The maximum absolute atomic E-state index is 11.1. The third-order valence-electron chi connectivity index (χ3n) is 6.86. The number of carbonyl (C=O) groups excluding carboxylic acids is 1. The highest BCUT2D eigenvalue weighted by molar-refractivity contribution is 5.92. The summed E-state index contributed by atoms with van der Waals surface area (Å²) in [5.74, 6) is -0.410. The van der Waals surface area contributed by atoms with E-state index in [1.165, 1.54) is 71.1 Å². The fourth-order valence-electron chi connectivity index (χ4n) is 4.69. The van der Waals surface area contributed by atoms with Gasteiger partial charge in [-0.15, -0.1) is 0 Å². The van der Waals surface area contributed by atoms with Gasteiger partial charge in [-0.3, -0.25) is 14.7 Å². The van der Waals surface area contributed by atoms with Crippen LogP contribution in [0.15, 0.2) is 18.3 Å². The molecule has 136 valence electrons. The summed E-state index contributed by atoms with van der Waals surface area (Å²) in [5, 5.41) is 0. The molecule has 0 atom stereocenters. The summed E-state index contributed by atoms with van der Waals surface area (Å²) in [5.41, 5.74) is 7.39. The van der Waals surface area contributed by atoms with Gasteiger partial charge in [0.05, 0.1) is 11.3 Å². The van der Waals surface area contributed by atoms with Crippen molar-refractivity contribution >= 4 is 5.91 Å². The fourth-order valence-corrected chi connectivity index (χ4v) is 4.69. The molecule has 2 N–H and O–H groups in total. The number of nitrogens with zero attached hydrogens (tertiary/aromatic N) is 3. The molecule has 3 heterocycles. The van der Waals surface area contributed by atoms with Crippen LogP contribution in [0.2, 0.25) is 0 Å². The molecule has 1 amide bonds. The van der Waals surface area contributed by atoms with Crippen molar-refractivity contribution in [1.29, 1.82) is 0 Å². The summed E-state index contributed by atoms with van der Waals surface area (Å²) in [6, 6.07) is 4.63. The molecule has 25 heavy (non-hydrogen) atoms. The summed E-state index contributed by atoms with van der Waals surface area (Å²) >= 11 is 0. The van der Waals surface area contributed by atoms with Crippen LogP contribution in [-0.4, -0.2) is 52.9 Å².